The number of hydrogen-bond donors (Lipinski definition) is 0. The van der Waals surface area contributed by atoms with Gasteiger partial charge in [-0.2, -0.15) is 0 Å². The monoisotopic (exact) mass is 582 g/mol. The number of hydrogen-bond acceptors (Lipinski definition) is 4. The maximum atomic E-state index is 6.53. The molecule has 4 nitrogen and oxygen atoms in total. The Labute approximate surface area is 256 Å². The van der Waals surface area contributed by atoms with Crippen LogP contribution in [0.4, 0.5) is 0 Å². The highest BCUT2D eigenvalue weighted by Crippen LogP contribution is 2.32. The van der Waals surface area contributed by atoms with Crippen molar-refractivity contribution >= 4 is 29.6 Å². The summed E-state index contributed by atoms with van der Waals surface area (Å²) in [5, 5.41) is 2.07. The molecule has 2 atom stereocenters. The van der Waals surface area contributed by atoms with Crippen LogP contribution in [-0.2, 0) is 28.0 Å². The fourth-order valence-corrected chi connectivity index (χ4v) is 9.56. The summed E-state index contributed by atoms with van der Waals surface area (Å²) in [6.07, 6.45) is 11.1. The first-order valence-electron chi connectivity index (χ1n) is 16.2. The Morgan fingerprint density at radius 1 is 0.475 bits per heavy atom. The van der Waals surface area contributed by atoms with Crippen LogP contribution in [0.3, 0.4) is 0 Å². The molecule has 2 aromatic carbocycles. The molecule has 0 aromatic heterocycles. The first kappa shape index (κ1) is 35.5. The van der Waals surface area contributed by atoms with Gasteiger partial charge in [-0.3, -0.25) is 0 Å². The van der Waals surface area contributed by atoms with Gasteiger partial charge < -0.3 is 15.2 Å². The van der Waals surface area contributed by atoms with E-state index < -0.39 is 29.6 Å². The van der Waals surface area contributed by atoms with Crippen LogP contribution >= 0.6 is 0 Å². The van der Waals surface area contributed by atoms with Crippen LogP contribution in [0.15, 0.2) is 60.7 Å². The number of rotatable bonds is 25. The maximum absolute atomic E-state index is 6.53. The van der Waals surface area contributed by atoms with E-state index in [0.717, 1.165) is 101 Å². The molecule has 40 heavy (non-hydrogen) atoms. The smallest absolute Gasteiger partial charge is 0.478 e. The summed E-state index contributed by atoms with van der Waals surface area (Å²) in [4.78, 5) is 0. The van der Waals surface area contributed by atoms with Gasteiger partial charge in [0.15, 0.2) is 0 Å². The molecular weight excluding hydrogens is 526 g/mol. The fourth-order valence-electron chi connectivity index (χ4n) is 5.02. The summed E-state index contributed by atoms with van der Waals surface area (Å²) in [7, 11) is 0. The molecule has 0 bridgehead atoms. The topological polar surface area (TPSA) is 36.9 Å². The Morgan fingerprint density at radius 3 is 1.05 bits per heavy atom. The average molecular weight is 583 g/mol. The minimum Gasteiger partial charge on any atom is -0.478 e. The molecule has 0 aliphatic heterocycles. The molecular formula is C34H56Al2O4. The Hall–Kier alpha value is -0.655. The lowest BCUT2D eigenvalue weighted by atomic mass is 9.85. The molecule has 0 aliphatic rings. The van der Waals surface area contributed by atoms with Gasteiger partial charge in [-0.15, -0.1) is 0 Å². The number of benzene rings is 2. The van der Waals surface area contributed by atoms with E-state index >= 15 is 0 Å². The minimum absolute atomic E-state index is 0.460. The molecule has 0 saturated carbocycles. The highest BCUT2D eigenvalue weighted by atomic mass is 27.2. The third-order valence-corrected chi connectivity index (χ3v) is 12.0. The van der Waals surface area contributed by atoms with E-state index in [1.807, 2.05) is 0 Å². The minimum atomic E-state index is -1.83. The fraction of sp³-hybridized carbons (Fsp3) is 0.647. The Morgan fingerprint density at radius 2 is 0.775 bits per heavy atom. The lowest BCUT2D eigenvalue weighted by Gasteiger charge is -2.30. The summed E-state index contributed by atoms with van der Waals surface area (Å²) in [5.74, 6) is 0.921. The van der Waals surface area contributed by atoms with Gasteiger partial charge in [-0.1, -0.05) is 114 Å². The molecule has 0 amide bonds. The Bertz CT molecular complexity index is 734. The van der Waals surface area contributed by atoms with Crippen molar-refractivity contribution in [2.75, 3.05) is 26.4 Å². The van der Waals surface area contributed by atoms with Crippen LogP contribution in [0.25, 0.3) is 0 Å². The molecule has 0 unspecified atom stereocenters. The van der Waals surface area contributed by atoms with Crippen molar-refractivity contribution in [3.63, 3.8) is 0 Å². The SMILES string of the molecule is CCCC[O][Al]([CH2][C@@H](Cc1ccccc1)[C@H](Cc1ccccc1)[CH2][Al]([O]CCCC)[O]CCCC)[O]CCCC. The van der Waals surface area contributed by atoms with Crippen molar-refractivity contribution in [1.29, 1.82) is 0 Å². The average Bonchev–Trinajstić information content (AvgIpc) is 2.97. The second-order valence-corrected chi connectivity index (χ2v) is 15.1. The van der Waals surface area contributed by atoms with E-state index in [2.05, 4.69) is 88.4 Å². The van der Waals surface area contributed by atoms with Crippen LogP contribution in [0.2, 0.25) is 10.6 Å². The van der Waals surface area contributed by atoms with Crippen LogP contribution < -0.4 is 0 Å². The molecule has 2 rings (SSSR count). The molecule has 0 aliphatic carbocycles. The van der Waals surface area contributed by atoms with E-state index in [9.17, 15) is 0 Å². The predicted molar refractivity (Wildman–Crippen MR) is 172 cm³/mol. The summed E-state index contributed by atoms with van der Waals surface area (Å²) in [6.45, 7) is 12.2. The largest absolute Gasteiger partial charge is 0.674 e. The lowest BCUT2D eigenvalue weighted by Crippen LogP contribution is -2.35. The summed E-state index contributed by atoms with van der Waals surface area (Å²) >= 11 is -3.65. The molecule has 222 valence electrons. The van der Waals surface area contributed by atoms with E-state index in [-0.39, 0.29) is 0 Å². The van der Waals surface area contributed by atoms with Crippen molar-refractivity contribution in [2.45, 2.75) is 102 Å². The quantitative estimate of drug-likeness (QED) is 0.0865. The molecule has 2 aromatic rings. The zero-order chi connectivity index (χ0) is 28.7. The molecule has 0 radical (unpaired) electrons. The van der Waals surface area contributed by atoms with E-state index in [0.29, 0.717) is 11.8 Å². The highest BCUT2D eigenvalue weighted by Gasteiger charge is 2.38. The summed E-state index contributed by atoms with van der Waals surface area (Å²) in [5.41, 5.74) is 2.80. The molecule has 6 heteroatoms. The van der Waals surface area contributed by atoms with Crippen molar-refractivity contribution < 1.29 is 15.2 Å². The second kappa shape index (κ2) is 23.9. The lowest BCUT2D eigenvalue weighted by molar-refractivity contribution is 0.172. The van der Waals surface area contributed by atoms with Crippen molar-refractivity contribution in [1.82, 2.24) is 0 Å². The molecule has 0 heterocycles. The zero-order valence-electron chi connectivity index (χ0n) is 26.0. The van der Waals surface area contributed by atoms with Crippen LogP contribution in [0, 0.1) is 11.8 Å². The Kier molecular flexibility index (Phi) is 21.2. The van der Waals surface area contributed by atoms with Gasteiger partial charge in [0.25, 0.3) is 0 Å². The van der Waals surface area contributed by atoms with Gasteiger partial charge in [-0.05, 0) is 72.1 Å². The van der Waals surface area contributed by atoms with Crippen molar-refractivity contribution in [3.05, 3.63) is 71.8 Å². The van der Waals surface area contributed by atoms with Gasteiger partial charge >= 0.3 is 29.6 Å². The first-order chi connectivity index (χ1) is 19.7. The van der Waals surface area contributed by atoms with Gasteiger partial charge in [0.05, 0.1) is 0 Å². The third kappa shape index (κ3) is 16.1. The predicted octanol–water partition coefficient (Wildman–Crippen LogP) is 8.95. The van der Waals surface area contributed by atoms with Crippen LogP contribution in [0.5, 0.6) is 0 Å². The second-order valence-electron chi connectivity index (χ2n) is 11.1. The third-order valence-electron chi connectivity index (χ3n) is 7.55. The molecule has 0 saturated heterocycles. The van der Waals surface area contributed by atoms with Crippen molar-refractivity contribution in [3.8, 4) is 0 Å². The maximum Gasteiger partial charge on any atom is 0.674 e. The standard InChI is InChI=1S/C18H20.4C4H9O.2Al/c1-15(13-17-9-5-3-6-10-17)16(2)14-18-11-7-4-8-12-18;4*1-2-3-4-5;;/h3-12,15-16H,1-2,13-14H2;4*2-4H2,1H3;;/q;4*-1;2*+2/t15-,16-;;;;;;/m0....../s1. The normalized spacial score (nSPS) is 12.8. The highest BCUT2D eigenvalue weighted by molar-refractivity contribution is 6.45. The summed E-state index contributed by atoms with van der Waals surface area (Å²) < 4.78 is 26.1. The molecule has 0 fully saturated rings. The van der Waals surface area contributed by atoms with E-state index in [1.165, 1.54) is 11.1 Å². The van der Waals surface area contributed by atoms with Crippen molar-refractivity contribution in [2.24, 2.45) is 11.8 Å². The molecule has 0 N–H and O–H groups in total. The van der Waals surface area contributed by atoms with Gasteiger partial charge in [0, 0.05) is 26.4 Å². The molecule has 0 spiro atoms. The van der Waals surface area contributed by atoms with Gasteiger partial charge in [0.1, 0.15) is 0 Å². The van der Waals surface area contributed by atoms with Gasteiger partial charge in [0.2, 0.25) is 0 Å². The number of unbranched alkanes of at least 4 members (excludes halogenated alkanes) is 4. The zero-order valence-corrected chi connectivity index (χ0v) is 28.3. The Balaban J connectivity index is 2.34. The van der Waals surface area contributed by atoms with E-state index in [1.54, 1.807) is 0 Å². The first-order valence-corrected chi connectivity index (χ1v) is 19.8. The van der Waals surface area contributed by atoms with E-state index in [4.69, 9.17) is 15.2 Å². The van der Waals surface area contributed by atoms with Gasteiger partial charge in [-0.25, -0.2) is 0 Å². The summed E-state index contributed by atoms with van der Waals surface area (Å²) in [6, 6.07) is 22.0. The van der Waals surface area contributed by atoms with Crippen LogP contribution in [0.1, 0.15) is 90.2 Å². The van der Waals surface area contributed by atoms with Crippen LogP contribution in [-0.4, -0.2) is 56.1 Å².